The lowest BCUT2D eigenvalue weighted by Gasteiger charge is -2.60. The molecule has 2 fully saturated rings. The van der Waals surface area contributed by atoms with Crippen LogP contribution in [0.4, 0.5) is 0 Å². The van der Waals surface area contributed by atoms with E-state index in [1.54, 1.807) is 0 Å². The van der Waals surface area contributed by atoms with Crippen LogP contribution in [0.5, 0.6) is 0 Å². The van der Waals surface area contributed by atoms with Gasteiger partial charge in [-0.3, -0.25) is 4.79 Å². The van der Waals surface area contributed by atoms with Crippen molar-refractivity contribution < 1.29 is 9.53 Å². The molecule has 2 N–H and O–H groups in total. The first-order valence-electron chi connectivity index (χ1n) is 6.69. The van der Waals surface area contributed by atoms with E-state index in [1.165, 1.54) is 6.42 Å². The monoisotopic (exact) mass is 240 g/mol. The van der Waals surface area contributed by atoms with Gasteiger partial charge in [-0.2, -0.15) is 0 Å². The fraction of sp³-hybridized carbons (Fsp3) is 0.923. The number of rotatable bonds is 4. The van der Waals surface area contributed by atoms with Gasteiger partial charge < -0.3 is 15.4 Å². The van der Waals surface area contributed by atoms with E-state index < -0.39 is 0 Å². The molecule has 0 aromatic carbocycles. The van der Waals surface area contributed by atoms with Crippen molar-refractivity contribution >= 4 is 5.91 Å². The summed E-state index contributed by atoms with van der Waals surface area (Å²) in [6.45, 7) is 8.42. The maximum atomic E-state index is 11.5. The second kappa shape index (κ2) is 4.94. The molecule has 98 valence electrons. The number of likely N-dealkylation sites (N-methyl/N-ethyl adjacent to an activating group) is 1. The average molecular weight is 240 g/mol. The highest BCUT2D eigenvalue weighted by atomic mass is 16.5. The maximum Gasteiger partial charge on any atom is 0.233 e. The predicted octanol–water partition coefficient (Wildman–Crippen LogP) is 0.916. The number of nitrogens with one attached hydrogen (secondary N) is 2. The molecule has 0 spiro atoms. The highest BCUT2D eigenvalue weighted by Gasteiger charge is 2.57. The van der Waals surface area contributed by atoms with Gasteiger partial charge in [0.15, 0.2) is 0 Å². The van der Waals surface area contributed by atoms with Crippen molar-refractivity contribution in [3.63, 3.8) is 0 Å². The molecule has 0 aromatic rings. The number of carbonyl (C=O) groups is 1. The summed E-state index contributed by atoms with van der Waals surface area (Å²) in [5.74, 6) is 0.677. The van der Waals surface area contributed by atoms with Gasteiger partial charge in [0.25, 0.3) is 0 Å². The smallest absolute Gasteiger partial charge is 0.233 e. The van der Waals surface area contributed by atoms with Crippen molar-refractivity contribution in [2.24, 2.45) is 11.3 Å². The number of ether oxygens (including phenoxy) is 1. The fourth-order valence-electron chi connectivity index (χ4n) is 3.40. The van der Waals surface area contributed by atoms with Crippen molar-refractivity contribution in [2.75, 3.05) is 19.7 Å². The Bertz CT molecular complexity index is 291. The molecule has 4 nitrogen and oxygen atoms in total. The van der Waals surface area contributed by atoms with Crippen LogP contribution in [-0.4, -0.2) is 37.7 Å². The van der Waals surface area contributed by atoms with Crippen LogP contribution < -0.4 is 10.6 Å². The number of carbonyl (C=O) groups excluding carboxylic acids is 1. The second-order valence-electron chi connectivity index (χ2n) is 5.73. The van der Waals surface area contributed by atoms with Crippen molar-refractivity contribution in [2.45, 2.75) is 45.8 Å². The van der Waals surface area contributed by atoms with Gasteiger partial charge in [-0.25, -0.2) is 0 Å². The van der Waals surface area contributed by atoms with E-state index in [-0.39, 0.29) is 11.3 Å². The minimum absolute atomic E-state index is 0.0866. The highest BCUT2D eigenvalue weighted by Crippen LogP contribution is 2.51. The minimum atomic E-state index is 0.0866. The second-order valence-corrected chi connectivity index (χ2v) is 5.73. The summed E-state index contributed by atoms with van der Waals surface area (Å²) in [5, 5.41) is 6.22. The standard InChI is InChI=1S/C13H24N2O2/c1-4-14-10(16)8-15-11-9-6-5-7-17-12(9)13(11,2)3/h9,11-12,15H,4-8H2,1-3H3,(H,14,16). The third kappa shape index (κ3) is 2.33. The van der Waals surface area contributed by atoms with Crippen LogP contribution in [0.25, 0.3) is 0 Å². The Morgan fingerprint density at radius 2 is 2.24 bits per heavy atom. The molecule has 1 saturated heterocycles. The highest BCUT2D eigenvalue weighted by molar-refractivity contribution is 5.77. The van der Waals surface area contributed by atoms with Gasteiger partial charge >= 0.3 is 0 Å². The molecule has 0 radical (unpaired) electrons. The first kappa shape index (κ1) is 12.8. The quantitative estimate of drug-likeness (QED) is 0.768. The van der Waals surface area contributed by atoms with Gasteiger partial charge in [0.05, 0.1) is 12.6 Å². The van der Waals surface area contributed by atoms with Crippen LogP contribution in [0, 0.1) is 11.3 Å². The number of fused-ring (bicyclic) bond motifs is 1. The molecule has 3 unspecified atom stereocenters. The summed E-state index contributed by atoms with van der Waals surface area (Å²) in [6, 6.07) is 0.412. The molecule has 0 bridgehead atoms. The molecule has 1 aliphatic carbocycles. The van der Waals surface area contributed by atoms with Crippen molar-refractivity contribution in [3.8, 4) is 0 Å². The Morgan fingerprint density at radius 1 is 1.47 bits per heavy atom. The van der Waals surface area contributed by atoms with E-state index in [2.05, 4.69) is 24.5 Å². The van der Waals surface area contributed by atoms with Crippen molar-refractivity contribution in [1.29, 1.82) is 0 Å². The lowest BCUT2D eigenvalue weighted by Crippen LogP contribution is -2.69. The molecule has 1 aliphatic heterocycles. The molecule has 1 amide bonds. The van der Waals surface area contributed by atoms with Gasteiger partial charge in [-0.1, -0.05) is 13.8 Å². The SMILES string of the molecule is CCNC(=O)CNC1C2CCCOC2C1(C)C. The zero-order valence-corrected chi connectivity index (χ0v) is 11.1. The van der Waals surface area contributed by atoms with Crippen LogP contribution in [-0.2, 0) is 9.53 Å². The molecule has 4 heteroatoms. The molecule has 2 aliphatic rings. The summed E-state index contributed by atoms with van der Waals surface area (Å²) in [6.07, 6.45) is 2.75. The Morgan fingerprint density at radius 3 is 2.94 bits per heavy atom. The first-order valence-corrected chi connectivity index (χ1v) is 6.69. The number of hydrogen-bond acceptors (Lipinski definition) is 3. The Balaban J connectivity index is 1.86. The summed E-state index contributed by atoms with van der Waals surface area (Å²) >= 11 is 0. The van der Waals surface area contributed by atoms with Crippen molar-refractivity contribution in [1.82, 2.24) is 10.6 Å². The predicted molar refractivity (Wildman–Crippen MR) is 66.7 cm³/mol. The summed E-state index contributed by atoms with van der Waals surface area (Å²) in [5.41, 5.74) is 0.150. The Labute approximate surface area is 103 Å². The molecule has 0 aromatic heterocycles. The molecular formula is C13H24N2O2. The summed E-state index contributed by atoms with van der Waals surface area (Å²) in [7, 11) is 0. The van der Waals surface area contributed by atoms with Gasteiger partial charge in [-0.15, -0.1) is 0 Å². The zero-order valence-electron chi connectivity index (χ0n) is 11.1. The molecular weight excluding hydrogens is 216 g/mol. The fourth-order valence-corrected chi connectivity index (χ4v) is 3.40. The van der Waals surface area contributed by atoms with E-state index in [1.807, 2.05) is 6.92 Å². The Kier molecular flexibility index (Phi) is 3.73. The topological polar surface area (TPSA) is 50.4 Å². The molecule has 1 heterocycles. The normalized spacial score (nSPS) is 34.6. The molecule has 17 heavy (non-hydrogen) atoms. The summed E-state index contributed by atoms with van der Waals surface area (Å²) in [4.78, 5) is 11.5. The van der Waals surface area contributed by atoms with Crippen LogP contribution in [0.3, 0.4) is 0 Å². The molecule has 2 rings (SSSR count). The third-order valence-electron chi connectivity index (χ3n) is 4.19. The van der Waals surface area contributed by atoms with Gasteiger partial charge in [0.2, 0.25) is 5.91 Å². The largest absolute Gasteiger partial charge is 0.377 e. The summed E-state index contributed by atoms with van der Waals surface area (Å²) < 4.78 is 5.84. The van der Waals surface area contributed by atoms with Crippen LogP contribution in [0.2, 0.25) is 0 Å². The van der Waals surface area contributed by atoms with E-state index in [9.17, 15) is 4.79 Å². The lowest BCUT2D eigenvalue weighted by atomic mass is 9.55. The van der Waals surface area contributed by atoms with Crippen molar-refractivity contribution in [3.05, 3.63) is 0 Å². The molecule has 1 saturated carbocycles. The van der Waals surface area contributed by atoms with Gasteiger partial charge in [-0.05, 0) is 19.8 Å². The maximum absolute atomic E-state index is 11.5. The van der Waals surface area contributed by atoms with Crippen LogP contribution >= 0.6 is 0 Å². The van der Waals surface area contributed by atoms with E-state index in [4.69, 9.17) is 4.74 Å². The van der Waals surface area contributed by atoms with Crippen LogP contribution in [0.1, 0.15) is 33.6 Å². The molecule has 3 atom stereocenters. The Hall–Kier alpha value is -0.610. The number of hydrogen-bond donors (Lipinski definition) is 2. The number of amides is 1. The van der Waals surface area contributed by atoms with E-state index >= 15 is 0 Å². The average Bonchev–Trinajstić information content (AvgIpc) is 2.29. The third-order valence-corrected chi connectivity index (χ3v) is 4.19. The lowest BCUT2D eigenvalue weighted by molar-refractivity contribution is -0.192. The zero-order chi connectivity index (χ0) is 12.5. The van der Waals surface area contributed by atoms with Gasteiger partial charge in [0, 0.05) is 30.5 Å². The van der Waals surface area contributed by atoms with E-state index in [0.29, 0.717) is 31.2 Å². The minimum Gasteiger partial charge on any atom is -0.377 e. The van der Waals surface area contributed by atoms with E-state index in [0.717, 1.165) is 13.0 Å². The van der Waals surface area contributed by atoms with Crippen LogP contribution in [0.15, 0.2) is 0 Å². The first-order chi connectivity index (χ1) is 8.07. The van der Waals surface area contributed by atoms with Gasteiger partial charge in [0.1, 0.15) is 0 Å².